The molecule has 0 saturated carbocycles. The van der Waals surface area contributed by atoms with Crippen molar-refractivity contribution in [3.8, 4) is 0 Å². The summed E-state index contributed by atoms with van der Waals surface area (Å²) >= 11 is 3.47. The normalized spacial score (nSPS) is 17.2. The Kier molecular flexibility index (Phi) is 3.15. The van der Waals surface area contributed by atoms with E-state index < -0.39 is 0 Å². The molecule has 1 aliphatic heterocycles. The number of rotatable bonds is 2. The molecular formula is C16H14BrNO. The fraction of sp³-hybridized carbons (Fsp3) is 0.188. The van der Waals surface area contributed by atoms with E-state index in [0.717, 1.165) is 22.1 Å². The van der Waals surface area contributed by atoms with Crippen molar-refractivity contribution in [3.05, 3.63) is 63.6 Å². The molecule has 96 valence electrons. The van der Waals surface area contributed by atoms with E-state index in [0.29, 0.717) is 0 Å². The van der Waals surface area contributed by atoms with Gasteiger partial charge in [0.05, 0.1) is 5.92 Å². The van der Waals surface area contributed by atoms with Crippen molar-refractivity contribution in [1.29, 1.82) is 0 Å². The van der Waals surface area contributed by atoms with Crippen LogP contribution in [0.1, 0.15) is 22.6 Å². The van der Waals surface area contributed by atoms with Crippen molar-refractivity contribution in [3.63, 3.8) is 0 Å². The first kappa shape index (κ1) is 12.4. The highest BCUT2D eigenvalue weighted by Crippen LogP contribution is 2.36. The van der Waals surface area contributed by atoms with Crippen LogP contribution in [0.3, 0.4) is 0 Å². The second kappa shape index (κ2) is 4.82. The standard InChI is InChI=1S/C16H14BrNO/c1-10-4-2-3-5-11(10)8-14-13-9-12(17)6-7-15(13)18-16(14)19/h2-7,9,14H,8H2,1H3,(H,18,19)/t14-/m0/s1. The van der Waals surface area contributed by atoms with Crippen molar-refractivity contribution < 1.29 is 4.79 Å². The van der Waals surface area contributed by atoms with Gasteiger partial charge in [-0.25, -0.2) is 0 Å². The van der Waals surface area contributed by atoms with Crippen molar-refractivity contribution in [2.24, 2.45) is 0 Å². The Hall–Kier alpha value is -1.61. The number of carbonyl (C=O) groups excluding carboxylic acids is 1. The maximum Gasteiger partial charge on any atom is 0.232 e. The van der Waals surface area contributed by atoms with Gasteiger partial charge in [0.1, 0.15) is 0 Å². The minimum absolute atomic E-state index is 0.0893. The molecule has 1 amide bonds. The van der Waals surface area contributed by atoms with E-state index in [1.807, 2.05) is 30.3 Å². The summed E-state index contributed by atoms with van der Waals surface area (Å²) in [7, 11) is 0. The van der Waals surface area contributed by atoms with Crippen LogP contribution in [0, 0.1) is 6.92 Å². The minimum atomic E-state index is -0.0893. The third-order valence-electron chi connectivity index (χ3n) is 3.65. The highest BCUT2D eigenvalue weighted by atomic mass is 79.9. The molecule has 2 aromatic carbocycles. The van der Waals surface area contributed by atoms with E-state index in [2.05, 4.69) is 40.3 Å². The Bertz CT molecular complexity index is 651. The third kappa shape index (κ3) is 2.30. The zero-order chi connectivity index (χ0) is 13.4. The molecular weight excluding hydrogens is 302 g/mol. The summed E-state index contributed by atoms with van der Waals surface area (Å²) in [5.41, 5.74) is 4.49. The SMILES string of the molecule is Cc1ccccc1C[C@@H]1C(=O)Nc2ccc(Br)cc21. The Labute approximate surface area is 121 Å². The minimum Gasteiger partial charge on any atom is -0.325 e. The number of carbonyl (C=O) groups is 1. The quantitative estimate of drug-likeness (QED) is 0.890. The lowest BCUT2D eigenvalue weighted by atomic mass is 9.91. The van der Waals surface area contributed by atoms with Gasteiger partial charge in [-0.15, -0.1) is 0 Å². The Morgan fingerprint density at radius 3 is 2.79 bits per heavy atom. The number of halogens is 1. The summed E-state index contributed by atoms with van der Waals surface area (Å²) in [5.74, 6) is 0.00459. The third-order valence-corrected chi connectivity index (χ3v) is 4.14. The smallest absolute Gasteiger partial charge is 0.232 e. The van der Waals surface area contributed by atoms with Crippen molar-refractivity contribution in [2.75, 3.05) is 5.32 Å². The van der Waals surface area contributed by atoms with Gasteiger partial charge in [0.2, 0.25) is 5.91 Å². The predicted molar refractivity (Wildman–Crippen MR) is 80.4 cm³/mol. The van der Waals surface area contributed by atoms with Gasteiger partial charge in [0.25, 0.3) is 0 Å². The molecule has 0 spiro atoms. The number of fused-ring (bicyclic) bond motifs is 1. The number of amides is 1. The van der Waals surface area contributed by atoms with Gasteiger partial charge in [-0.2, -0.15) is 0 Å². The second-order valence-electron chi connectivity index (χ2n) is 4.90. The molecule has 0 aromatic heterocycles. The van der Waals surface area contributed by atoms with Crippen LogP contribution in [0.15, 0.2) is 46.9 Å². The molecule has 1 N–H and O–H groups in total. The maximum absolute atomic E-state index is 12.1. The molecule has 1 aliphatic rings. The number of anilines is 1. The second-order valence-corrected chi connectivity index (χ2v) is 5.82. The topological polar surface area (TPSA) is 29.1 Å². The largest absolute Gasteiger partial charge is 0.325 e. The van der Waals surface area contributed by atoms with Crippen molar-refractivity contribution in [1.82, 2.24) is 0 Å². The molecule has 3 heteroatoms. The Morgan fingerprint density at radius 1 is 1.21 bits per heavy atom. The van der Waals surface area contributed by atoms with E-state index in [4.69, 9.17) is 0 Å². The summed E-state index contributed by atoms with van der Waals surface area (Å²) in [6.45, 7) is 2.09. The fourth-order valence-electron chi connectivity index (χ4n) is 2.56. The summed E-state index contributed by atoms with van der Waals surface area (Å²) in [6, 6.07) is 14.2. The Morgan fingerprint density at radius 2 is 2.00 bits per heavy atom. The van der Waals surface area contributed by atoms with Gasteiger partial charge in [-0.3, -0.25) is 4.79 Å². The fourth-order valence-corrected chi connectivity index (χ4v) is 2.94. The summed E-state index contributed by atoms with van der Waals surface area (Å²) in [5, 5.41) is 2.95. The number of hydrogen-bond acceptors (Lipinski definition) is 1. The lowest BCUT2D eigenvalue weighted by Crippen LogP contribution is -2.14. The molecule has 0 bridgehead atoms. The highest BCUT2D eigenvalue weighted by Gasteiger charge is 2.30. The molecule has 19 heavy (non-hydrogen) atoms. The average molecular weight is 316 g/mol. The van der Waals surface area contributed by atoms with Gasteiger partial charge in [0, 0.05) is 10.2 Å². The monoisotopic (exact) mass is 315 g/mol. The first-order valence-corrected chi connectivity index (χ1v) is 7.09. The van der Waals surface area contributed by atoms with Crippen LogP contribution in [0.4, 0.5) is 5.69 Å². The van der Waals surface area contributed by atoms with Gasteiger partial charge in [-0.1, -0.05) is 40.2 Å². The van der Waals surface area contributed by atoms with Crippen molar-refractivity contribution in [2.45, 2.75) is 19.3 Å². The molecule has 2 nitrogen and oxygen atoms in total. The van der Waals surface area contributed by atoms with E-state index in [-0.39, 0.29) is 11.8 Å². The molecule has 2 aromatic rings. The van der Waals surface area contributed by atoms with Crippen LogP contribution < -0.4 is 5.32 Å². The summed E-state index contributed by atoms with van der Waals surface area (Å²) < 4.78 is 1.01. The van der Waals surface area contributed by atoms with Crippen LogP contribution in [0.25, 0.3) is 0 Å². The number of aryl methyl sites for hydroxylation is 1. The van der Waals surface area contributed by atoms with Gasteiger partial charge in [-0.05, 0) is 48.2 Å². The molecule has 1 heterocycles. The van der Waals surface area contributed by atoms with Crippen molar-refractivity contribution >= 4 is 27.5 Å². The predicted octanol–water partition coefficient (Wildman–Crippen LogP) is 4.04. The molecule has 0 radical (unpaired) electrons. The lowest BCUT2D eigenvalue weighted by Gasteiger charge is -2.11. The van der Waals surface area contributed by atoms with E-state index in [1.54, 1.807) is 0 Å². The van der Waals surface area contributed by atoms with E-state index >= 15 is 0 Å². The maximum atomic E-state index is 12.1. The first-order chi connectivity index (χ1) is 9.15. The van der Waals surface area contributed by atoms with Gasteiger partial charge >= 0.3 is 0 Å². The number of nitrogens with one attached hydrogen (secondary N) is 1. The number of benzene rings is 2. The Balaban J connectivity index is 1.97. The first-order valence-electron chi connectivity index (χ1n) is 6.30. The molecule has 3 rings (SSSR count). The molecule has 0 saturated heterocycles. The molecule has 1 atom stereocenters. The van der Waals surface area contributed by atoms with Crippen LogP contribution in [-0.2, 0) is 11.2 Å². The zero-order valence-corrected chi connectivity index (χ0v) is 12.2. The van der Waals surface area contributed by atoms with Crippen LogP contribution >= 0.6 is 15.9 Å². The van der Waals surface area contributed by atoms with E-state index in [9.17, 15) is 4.79 Å². The number of hydrogen-bond donors (Lipinski definition) is 1. The molecule has 0 fully saturated rings. The lowest BCUT2D eigenvalue weighted by molar-refractivity contribution is -0.117. The van der Waals surface area contributed by atoms with E-state index in [1.165, 1.54) is 11.1 Å². The van der Waals surface area contributed by atoms with Crippen LogP contribution in [-0.4, -0.2) is 5.91 Å². The van der Waals surface area contributed by atoms with Crippen LogP contribution in [0.5, 0.6) is 0 Å². The van der Waals surface area contributed by atoms with Gasteiger partial charge < -0.3 is 5.32 Å². The summed E-state index contributed by atoms with van der Waals surface area (Å²) in [4.78, 5) is 12.1. The zero-order valence-electron chi connectivity index (χ0n) is 10.6. The van der Waals surface area contributed by atoms with Gasteiger partial charge in [0.15, 0.2) is 0 Å². The average Bonchev–Trinajstić information content (AvgIpc) is 2.69. The highest BCUT2D eigenvalue weighted by molar-refractivity contribution is 9.10. The van der Waals surface area contributed by atoms with Crippen LogP contribution in [0.2, 0.25) is 0 Å². The molecule has 0 unspecified atom stereocenters. The summed E-state index contributed by atoms with van der Waals surface area (Å²) in [6.07, 6.45) is 0.752. The molecule has 0 aliphatic carbocycles.